The van der Waals surface area contributed by atoms with Gasteiger partial charge in [-0.3, -0.25) is 28.8 Å². The summed E-state index contributed by atoms with van der Waals surface area (Å²) < 4.78 is 16.7. The highest BCUT2D eigenvalue weighted by atomic mass is 16.6. The van der Waals surface area contributed by atoms with E-state index in [9.17, 15) is 33.6 Å². The lowest BCUT2D eigenvalue weighted by Crippen LogP contribution is -2.39. The highest BCUT2D eigenvalue weighted by Gasteiger charge is 2.27. The van der Waals surface area contributed by atoms with Gasteiger partial charge in [0.1, 0.15) is 19.0 Å². The van der Waals surface area contributed by atoms with E-state index in [0.29, 0.717) is 68.2 Å². The largest absolute Gasteiger partial charge is 0.491 e. The fourth-order valence-electron chi connectivity index (χ4n) is 5.34. The van der Waals surface area contributed by atoms with Crippen LogP contribution in [0.15, 0.2) is 18.2 Å². The number of hydrogen-bond acceptors (Lipinski definition) is 10. The van der Waals surface area contributed by atoms with Crippen molar-refractivity contribution in [3.63, 3.8) is 0 Å². The van der Waals surface area contributed by atoms with Crippen molar-refractivity contribution in [2.24, 2.45) is 11.8 Å². The SMILES string of the molecule is CNC(=O)OCc1ccc(NC(=O)[C@H](CCCCNC(C)=O)CC(=O)[C@H](C)NC(C)=O)cc1OCCOCCNC(=O)CCN1CC(C)CC1=O. The molecule has 0 radical (unpaired) electrons. The molecular formula is C35H54N6O10. The number of Topliss-reactive ketones (excluding diaryl/α,β-unsaturated/α-hetero) is 1. The topological polar surface area (TPSA) is 211 Å². The zero-order chi connectivity index (χ0) is 37.8. The number of ketones is 1. The summed E-state index contributed by atoms with van der Waals surface area (Å²) in [6.07, 6.45) is 1.58. The molecule has 1 heterocycles. The van der Waals surface area contributed by atoms with E-state index >= 15 is 0 Å². The van der Waals surface area contributed by atoms with Gasteiger partial charge in [-0.15, -0.1) is 0 Å². The number of ether oxygens (including phenoxy) is 3. The molecule has 1 aliphatic heterocycles. The second-order valence-electron chi connectivity index (χ2n) is 12.6. The number of nitrogens with zero attached hydrogens (tertiary/aromatic N) is 1. The van der Waals surface area contributed by atoms with Gasteiger partial charge < -0.3 is 45.7 Å². The molecule has 0 aliphatic carbocycles. The van der Waals surface area contributed by atoms with Gasteiger partial charge in [-0.2, -0.15) is 0 Å². The number of nitrogens with one attached hydrogen (secondary N) is 5. The molecule has 1 fully saturated rings. The zero-order valence-corrected chi connectivity index (χ0v) is 30.4. The van der Waals surface area contributed by atoms with E-state index in [1.54, 1.807) is 30.0 Å². The van der Waals surface area contributed by atoms with Gasteiger partial charge >= 0.3 is 6.09 Å². The van der Waals surface area contributed by atoms with Crippen LogP contribution < -0.4 is 31.3 Å². The molecule has 0 spiro atoms. The number of rotatable bonds is 23. The lowest BCUT2D eigenvalue weighted by atomic mass is 9.92. The van der Waals surface area contributed by atoms with Gasteiger partial charge in [-0.25, -0.2) is 4.79 Å². The van der Waals surface area contributed by atoms with E-state index in [0.717, 1.165) is 0 Å². The predicted octanol–water partition coefficient (Wildman–Crippen LogP) is 1.66. The Labute approximate surface area is 299 Å². The minimum Gasteiger partial charge on any atom is -0.491 e. The number of likely N-dealkylation sites (tertiary alicyclic amines) is 1. The lowest BCUT2D eigenvalue weighted by Gasteiger charge is -2.20. The van der Waals surface area contributed by atoms with Crippen LogP contribution >= 0.6 is 0 Å². The molecule has 16 heteroatoms. The second kappa shape index (κ2) is 22.9. The first kappa shape index (κ1) is 42.4. The Morgan fingerprint density at radius 3 is 2.41 bits per heavy atom. The highest BCUT2D eigenvalue weighted by Crippen LogP contribution is 2.26. The Hall–Kier alpha value is -4.73. The summed E-state index contributed by atoms with van der Waals surface area (Å²) in [4.78, 5) is 86.4. The van der Waals surface area contributed by atoms with Crippen LogP contribution in [0.4, 0.5) is 10.5 Å². The molecule has 0 aromatic heterocycles. The molecule has 5 N–H and O–H groups in total. The molecule has 1 aromatic rings. The summed E-state index contributed by atoms with van der Waals surface area (Å²) >= 11 is 0. The van der Waals surface area contributed by atoms with Crippen molar-refractivity contribution in [2.45, 2.75) is 78.9 Å². The van der Waals surface area contributed by atoms with Gasteiger partial charge in [0.15, 0.2) is 5.78 Å². The van der Waals surface area contributed by atoms with E-state index in [1.807, 2.05) is 6.92 Å². The van der Waals surface area contributed by atoms with Crippen LogP contribution in [0.5, 0.6) is 5.75 Å². The standard InChI is InChI=1S/C35H54N6O10/c1-23-18-33(46)41(21-23)14-11-32(45)38-13-15-49-16-17-50-31-20-29(10-9-28(31)22-51-35(48)36-5)40-34(47)27(8-6-7-12-37-25(3)42)19-30(44)24(2)39-26(4)43/h9-10,20,23-24,27H,6-8,11-19,21-22H2,1-5H3,(H,36,48)(H,37,42)(H,38,45)(H,39,43)(H,40,47)/t23?,24-,27+/m0/s1. The third kappa shape index (κ3) is 17.2. The fraction of sp³-hybridized carbons (Fsp3) is 0.629. The maximum absolute atomic E-state index is 13.5. The molecule has 0 bridgehead atoms. The normalized spacial score (nSPS) is 15.0. The molecule has 2 rings (SSSR count). The minimum atomic E-state index is -0.758. The average Bonchev–Trinajstić information content (AvgIpc) is 3.40. The molecule has 1 unspecified atom stereocenters. The van der Waals surface area contributed by atoms with Crippen molar-refractivity contribution in [2.75, 3.05) is 58.4 Å². The number of carbonyl (C=O) groups is 7. The molecule has 16 nitrogen and oxygen atoms in total. The van der Waals surface area contributed by atoms with E-state index in [-0.39, 0.29) is 75.2 Å². The maximum Gasteiger partial charge on any atom is 0.407 e. The smallest absolute Gasteiger partial charge is 0.407 e. The average molecular weight is 719 g/mol. The van der Waals surface area contributed by atoms with E-state index in [2.05, 4.69) is 26.6 Å². The third-order valence-electron chi connectivity index (χ3n) is 8.04. The quantitative estimate of drug-likeness (QED) is 0.103. The summed E-state index contributed by atoms with van der Waals surface area (Å²) in [7, 11) is 1.44. The van der Waals surface area contributed by atoms with Gasteiger partial charge in [-0.1, -0.05) is 13.3 Å². The molecule has 1 aliphatic rings. The Morgan fingerprint density at radius 2 is 1.75 bits per heavy atom. The molecule has 0 saturated carbocycles. The summed E-state index contributed by atoms with van der Waals surface area (Å²) in [5.74, 6) is -1.34. The van der Waals surface area contributed by atoms with Crippen molar-refractivity contribution < 1.29 is 47.8 Å². The fourth-order valence-corrected chi connectivity index (χ4v) is 5.34. The molecule has 51 heavy (non-hydrogen) atoms. The van der Waals surface area contributed by atoms with Crippen LogP contribution in [0.25, 0.3) is 0 Å². The first-order valence-corrected chi connectivity index (χ1v) is 17.4. The first-order chi connectivity index (χ1) is 24.3. The van der Waals surface area contributed by atoms with Gasteiger partial charge in [-0.05, 0) is 37.8 Å². The van der Waals surface area contributed by atoms with Gasteiger partial charge in [0.2, 0.25) is 29.5 Å². The zero-order valence-electron chi connectivity index (χ0n) is 30.4. The van der Waals surface area contributed by atoms with E-state index < -0.39 is 24.0 Å². The third-order valence-corrected chi connectivity index (χ3v) is 8.04. The Balaban J connectivity index is 1.96. The lowest BCUT2D eigenvalue weighted by molar-refractivity contribution is -0.129. The molecule has 1 saturated heterocycles. The number of carbonyl (C=O) groups excluding carboxylic acids is 7. The number of amides is 6. The number of benzene rings is 1. The van der Waals surface area contributed by atoms with Gasteiger partial charge in [0, 0.05) is 89.6 Å². The van der Waals surface area contributed by atoms with Crippen molar-refractivity contribution in [1.82, 2.24) is 26.2 Å². The van der Waals surface area contributed by atoms with Crippen LogP contribution in [-0.4, -0.2) is 105 Å². The number of anilines is 1. The molecule has 284 valence electrons. The van der Waals surface area contributed by atoms with Crippen molar-refractivity contribution >= 4 is 47.1 Å². The van der Waals surface area contributed by atoms with Crippen LogP contribution in [0.2, 0.25) is 0 Å². The van der Waals surface area contributed by atoms with Gasteiger partial charge in [0.25, 0.3) is 0 Å². The minimum absolute atomic E-state index is 0.0760. The Bertz CT molecular complexity index is 1360. The van der Waals surface area contributed by atoms with Crippen molar-refractivity contribution in [1.29, 1.82) is 0 Å². The molecular weight excluding hydrogens is 664 g/mol. The van der Waals surface area contributed by atoms with Crippen LogP contribution in [0.1, 0.15) is 71.8 Å². The number of unbranched alkanes of at least 4 members (excludes halogenated alkanes) is 1. The van der Waals surface area contributed by atoms with Gasteiger partial charge in [0.05, 0.1) is 19.3 Å². The van der Waals surface area contributed by atoms with Crippen LogP contribution in [0, 0.1) is 11.8 Å². The second-order valence-corrected chi connectivity index (χ2v) is 12.6. The Kier molecular flexibility index (Phi) is 19.0. The van der Waals surface area contributed by atoms with Crippen LogP contribution in [0.3, 0.4) is 0 Å². The monoisotopic (exact) mass is 718 g/mol. The summed E-state index contributed by atoms with van der Waals surface area (Å²) in [6.45, 7) is 8.54. The molecule has 3 atom stereocenters. The summed E-state index contributed by atoms with van der Waals surface area (Å²) in [6, 6.07) is 4.10. The molecule has 6 amide bonds. The maximum atomic E-state index is 13.5. The molecule has 1 aromatic carbocycles. The highest BCUT2D eigenvalue weighted by molar-refractivity contribution is 5.97. The van der Waals surface area contributed by atoms with E-state index in [1.165, 1.54) is 20.9 Å². The Morgan fingerprint density at radius 1 is 0.980 bits per heavy atom. The van der Waals surface area contributed by atoms with Crippen LogP contribution in [-0.2, 0) is 44.8 Å². The first-order valence-electron chi connectivity index (χ1n) is 17.4. The number of hydrogen-bond donors (Lipinski definition) is 5. The van der Waals surface area contributed by atoms with Crippen molar-refractivity contribution in [3.8, 4) is 5.75 Å². The predicted molar refractivity (Wildman–Crippen MR) is 188 cm³/mol. The van der Waals surface area contributed by atoms with Crippen molar-refractivity contribution in [3.05, 3.63) is 23.8 Å². The summed E-state index contributed by atoms with van der Waals surface area (Å²) in [5, 5.41) is 13.3. The summed E-state index contributed by atoms with van der Waals surface area (Å²) in [5.41, 5.74) is 0.918. The number of alkyl carbamates (subject to hydrolysis) is 1. The van der Waals surface area contributed by atoms with E-state index in [4.69, 9.17) is 14.2 Å².